The molecule has 0 atom stereocenters. The summed E-state index contributed by atoms with van der Waals surface area (Å²) >= 11 is 0. The van der Waals surface area contributed by atoms with Crippen LogP contribution in [0, 0.1) is 11.3 Å². The van der Waals surface area contributed by atoms with Crippen molar-refractivity contribution in [2.45, 2.75) is 51.6 Å². The van der Waals surface area contributed by atoms with E-state index in [1.807, 2.05) is 26.8 Å². The quantitative estimate of drug-likeness (QED) is 0.856. The highest BCUT2D eigenvalue weighted by molar-refractivity contribution is 5.23. The van der Waals surface area contributed by atoms with Crippen molar-refractivity contribution >= 4 is 0 Å². The first-order valence-corrected chi connectivity index (χ1v) is 7.52. The fourth-order valence-electron chi connectivity index (χ4n) is 2.32. The zero-order valence-corrected chi connectivity index (χ0v) is 13.4. The van der Waals surface area contributed by atoms with E-state index in [4.69, 9.17) is 9.68 Å². The number of hydrogen-bond acceptors (Lipinski definition) is 5. The van der Waals surface area contributed by atoms with Crippen molar-refractivity contribution < 1.29 is 4.42 Å². The molecule has 2 heterocycles. The first-order valence-electron chi connectivity index (χ1n) is 7.52. The van der Waals surface area contributed by atoms with Crippen molar-refractivity contribution in [2.75, 3.05) is 0 Å². The van der Waals surface area contributed by atoms with E-state index in [0.29, 0.717) is 5.76 Å². The second-order valence-corrected chi connectivity index (χ2v) is 6.84. The van der Waals surface area contributed by atoms with Crippen LogP contribution in [-0.2, 0) is 12.0 Å². The van der Waals surface area contributed by atoms with Gasteiger partial charge in [-0.2, -0.15) is 5.26 Å². The smallest absolute Gasteiger partial charge is 0.331 e. The van der Waals surface area contributed by atoms with Gasteiger partial charge in [0, 0.05) is 17.7 Å². The summed E-state index contributed by atoms with van der Waals surface area (Å²) in [4.78, 5) is 28.9. The fourth-order valence-corrected chi connectivity index (χ4v) is 2.32. The lowest BCUT2D eigenvalue weighted by Gasteiger charge is -2.13. The van der Waals surface area contributed by atoms with Crippen molar-refractivity contribution in [3.05, 3.63) is 50.4 Å². The minimum Gasteiger partial charge on any atom is -0.443 e. The van der Waals surface area contributed by atoms with Crippen molar-refractivity contribution in [1.82, 2.24) is 14.1 Å². The van der Waals surface area contributed by atoms with Gasteiger partial charge in [0.15, 0.2) is 0 Å². The summed E-state index contributed by atoms with van der Waals surface area (Å²) in [5, 5.41) is 9.12. The molecule has 23 heavy (non-hydrogen) atoms. The molecule has 0 saturated heterocycles. The van der Waals surface area contributed by atoms with Crippen molar-refractivity contribution in [3.8, 4) is 6.07 Å². The standard InChI is InChI=1S/C16H18N4O3/c1-16(2,3)12-7-18-13(23-12)9-20-14(21)10(6-17)8-19(15(20)22)11-4-5-11/h7-8,11H,4-5,9H2,1-3H3. The maximum atomic E-state index is 12.5. The predicted octanol–water partition coefficient (Wildman–Crippen LogP) is 1.55. The number of nitriles is 1. The molecule has 7 nitrogen and oxygen atoms in total. The third kappa shape index (κ3) is 2.84. The Kier molecular flexibility index (Phi) is 3.48. The summed E-state index contributed by atoms with van der Waals surface area (Å²) < 4.78 is 8.14. The first kappa shape index (κ1) is 15.3. The number of nitrogens with zero attached hydrogens (tertiary/aromatic N) is 4. The molecule has 2 aromatic rings. The summed E-state index contributed by atoms with van der Waals surface area (Å²) in [7, 11) is 0. The maximum absolute atomic E-state index is 12.5. The van der Waals surface area contributed by atoms with Gasteiger partial charge in [-0.1, -0.05) is 20.8 Å². The monoisotopic (exact) mass is 314 g/mol. The van der Waals surface area contributed by atoms with Gasteiger partial charge < -0.3 is 4.42 Å². The van der Waals surface area contributed by atoms with Gasteiger partial charge in [-0.3, -0.25) is 9.36 Å². The van der Waals surface area contributed by atoms with Crippen LogP contribution in [0.5, 0.6) is 0 Å². The maximum Gasteiger partial charge on any atom is 0.331 e. The summed E-state index contributed by atoms with van der Waals surface area (Å²) in [6.45, 7) is 5.88. The number of rotatable bonds is 3. The Morgan fingerprint density at radius 2 is 2.09 bits per heavy atom. The van der Waals surface area contributed by atoms with Crippen LogP contribution in [0.25, 0.3) is 0 Å². The van der Waals surface area contributed by atoms with Gasteiger partial charge in [-0.15, -0.1) is 0 Å². The van der Waals surface area contributed by atoms with E-state index in [2.05, 4.69) is 4.98 Å². The van der Waals surface area contributed by atoms with E-state index >= 15 is 0 Å². The lowest BCUT2D eigenvalue weighted by Crippen LogP contribution is -2.41. The van der Waals surface area contributed by atoms with Crippen LogP contribution in [0.3, 0.4) is 0 Å². The average Bonchev–Trinajstić information content (AvgIpc) is 3.20. The van der Waals surface area contributed by atoms with Gasteiger partial charge in [0.2, 0.25) is 5.89 Å². The van der Waals surface area contributed by atoms with E-state index in [0.717, 1.165) is 17.4 Å². The van der Waals surface area contributed by atoms with E-state index in [-0.39, 0.29) is 29.5 Å². The Morgan fingerprint density at radius 1 is 1.39 bits per heavy atom. The second kappa shape index (κ2) is 5.23. The third-order valence-corrected chi connectivity index (χ3v) is 3.84. The molecule has 3 rings (SSSR count). The van der Waals surface area contributed by atoms with Crippen molar-refractivity contribution in [3.63, 3.8) is 0 Å². The summed E-state index contributed by atoms with van der Waals surface area (Å²) in [6.07, 6.45) is 4.73. The minimum absolute atomic E-state index is 0.0425. The number of aromatic nitrogens is 3. The Labute approximate surface area is 132 Å². The molecule has 7 heteroatoms. The summed E-state index contributed by atoms with van der Waals surface area (Å²) in [6, 6.07) is 1.94. The largest absolute Gasteiger partial charge is 0.443 e. The molecule has 1 aliphatic carbocycles. The molecule has 0 aromatic carbocycles. The summed E-state index contributed by atoms with van der Waals surface area (Å²) in [5.41, 5.74) is -1.28. The lowest BCUT2D eigenvalue weighted by molar-refractivity contribution is 0.372. The topological polar surface area (TPSA) is 93.8 Å². The van der Waals surface area contributed by atoms with Crippen LogP contribution in [0.1, 0.15) is 56.9 Å². The summed E-state index contributed by atoms with van der Waals surface area (Å²) in [5.74, 6) is 0.964. The Hall–Kier alpha value is -2.62. The highest BCUT2D eigenvalue weighted by atomic mass is 16.4. The van der Waals surface area contributed by atoms with Gasteiger partial charge in [-0.05, 0) is 12.8 Å². The Morgan fingerprint density at radius 3 is 2.61 bits per heavy atom. The van der Waals surface area contributed by atoms with Crippen LogP contribution >= 0.6 is 0 Å². The zero-order valence-electron chi connectivity index (χ0n) is 13.4. The molecular formula is C16H18N4O3. The molecule has 2 aromatic heterocycles. The fraction of sp³-hybridized carbons (Fsp3) is 0.500. The predicted molar refractivity (Wildman–Crippen MR) is 82.3 cm³/mol. The van der Waals surface area contributed by atoms with Crippen molar-refractivity contribution in [2.24, 2.45) is 0 Å². The number of oxazole rings is 1. The molecule has 120 valence electrons. The van der Waals surface area contributed by atoms with E-state index in [1.54, 1.807) is 6.20 Å². The van der Waals surface area contributed by atoms with Crippen LogP contribution in [-0.4, -0.2) is 14.1 Å². The molecule has 1 saturated carbocycles. The Balaban J connectivity index is 2.04. The van der Waals surface area contributed by atoms with Gasteiger partial charge >= 0.3 is 5.69 Å². The van der Waals surface area contributed by atoms with Crippen LogP contribution in [0.2, 0.25) is 0 Å². The highest BCUT2D eigenvalue weighted by Gasteiger charge is 2.27. The normalized spacial score (nSPS) is 14.7. The molecule has 1 aliphatic rings. The second-order valence-electron chi connectivity index (χ2n) is 6.84. The van der Waals surface area contributed by atoms with Crippen molar-refractivity contribution in [1.29, 1.82) is 5.26 Å². The molecule has 0 unspecified atom stereocenters. The minimum atomic E-state index is -0.607. The molecule has 0 bridgehead atoms. The van der Waals surface area contributed by atoms with Gasteiger partial charge in [-0.25, -0.2) is 14.3 Å². The SMILES string of the molecule is CC(C)(C)c1cnc(Cn2c(=O)c(C#N)cn(C3CC3)c2=O)o1. The van der Waals surface area contributed by atoms with Gasteiger partial charge in [0.1, 0.15) is 23.9 Å². The molecule has 0 amide bonds. The first-order chi connectivity index (χ1) is 10.8. The van der Waals surface area contributed by atoms with E-state index in [9.17, 15) is 9.59 Å². The zero-order chi connectivity index (χ0) is 16.8. The lowest BCUT2D eigenvalue weighted by atomic mass is 9.94. The van der Waals surface area contributed by atoms with Crippen LogP contribution < -0.4 is 11.2 Å². The van der Waals surface area contributed by atoms with E-state index < -0.39 is 11.2 Å². The highest BCUT2D eigenvalue weighted by Crippen LogP contribution is 2.33. The van der Waals surface area contributed by atoms with Crippen LogP contribution in [0.4, 0.5) is 0 Å². The van der Waals surface area contributed by atoms with E-state index in [1.165, 1.54) is 10.8 Å². The molecule has 0 radical (unpaired) electrons. The van der Waals surface area contributed by atoms with Gasteiger partial charge in [0.25, 0.3) is 5.56 Å². The average molecular weight is 314 g/mol. The molecular weight excluding hydrogens is 296 g/mol. The number of hydrogen-bond donors (Lipinski definition) is 0. The Bertz CT molecular complexity index is 901. The third-order valence-electron chi connectivity index (χ3n) is 3.84. The van der Waals surface area contributed by atoms with Gasteiger partial charge in [0.05, 0.1) is 6.20 Å². The molecule has 0 spiro atoms. The molecule has 0 aliphatic heterocycles. The molecule has 1 fully saturated rings. The molecule has 0 N–H and O–H groups in total. The van der Waals surface area contributed by atoms with Crippen LogP contribution in [0.15, 0.2) is 26.4 Å².